The molecule has 0 aliphatic rings. The first-order valence-electron chi connectivity index (χ1n) is 8.96. The highest BCUT2D eigenvalue weighted by atomic mass is 32.2. The molecule has 0 radical (unpaired) electrons. The van der Waals surface area contributed by atoms with E-state index >= 15 is 0 Å². The molecule has 0 aliphatic carbocycles. The van der Waals surface area contributed by atoms with Crippen LogP contribution in [-0.4, -0.2) is 22.1 Å². The first-order chi connectivity index (χ1) is 10.2. The monoisotopic (exact) mass is 316 g/mol. The van der Waals surface area contributed by atoms with Crippen LogP contribution in [0.5, 0.6) is 0 Å². The van der Waals surface area contributed by atoms with Crippen molar-refractivity contribution in [2.45, 2.75) is 103 Å². The zero-order valence-electron chi connectivity index (χ0n) is 14.2. The SMILES string of the molecule is CCCCCCCC(O)(CCCCCCC)CCSC=O. The smallest absolute Gasteiger partial charge is 0.176 e. The summed E-state index contributed by atoms with van der Waals surface area (Å²) in [4.78, 5) is 10.4. The Hall–Kier alpha value is -0.0200. The van der Waals surface area contributed by atoms with Gasteiger partial charge in [0, 0.05) is 5.75 Å². The van der Waals surface area contributed by atoms with Crippen LogP contribution in [0.4, 0.5) is 0 Å². The quantitative estimate of drug-likeness (QED) is 0.291. The van der Waals surface area contributed by atoms with Crippen LogP contribution in [0.1, 0.15) is 97.3 Å². The summed E-state index contributed by atoms with van der Waals surface area (Å²) in [6.45, 7) is 4.45. The van der Waals surface area contributed by atoms with E-state index in [0.717, 1.165) is 43.5 Å². The molecule has 0 saturated carbocycles. The van der Waals surface area contributed by atoms with Crippen LogP contribution in [0, 0.1) is 0 Å². The maximum Gasteiger partial charge on any atom is 0.176 e. The molecule has 126 valence electrons. The van der Waals surface area contributed by atoms with Crippen molar-refractivity contribution in [3.8, 4) is 0 Å². The van der Waals surface area contributed by atoms with Crippen molar-refractivity contribution in [1.82, 2.24) is 0 Å². The molecule has 0 aromatic heterocycles. The maximum absolute atomic E-state index is 10.8. The Kier molecular flexibility index (Phi) is 14.9. The highest BCUT2D eigenvalue weighted by Gasteiger charge is 2.25. The lowest BCUT2D eigenvalue weighted by atomic mass is 9.87. The van der Waals surface area contributed by atoms with Gasteiger partial charge in [-0.25, -0.2) is 0 Å². The molecule has 1 N–H and O–H groups in total. The Bertz CT molecular complexity index is 217. The molecule has 0 bridgehead atoms. The molecule has 0 unspecified atom stereocenters. The standard InChI is InChI=1S/C18H36O2S/c1-3-5-7-9-11-13-18(20,15-16-21-17-19)14-12-10-8-6-4-2/h17,20H,3-16H2,1-2H3. The van der Waals surface area contributed by atoms with Crippen LogP contribution in [0.2, 0.25) is 0 Å². The summed E-state index contributed by atoms with van der Waals surface area (Å²) in [7, 11) is 0. The molecule has 0 atom stereocenters. The van der Waals surface area contributed by atoms with Gasteiger partial charge in [0.1, 0.15) is 0 Å². The maximum atomic E-state index is 10.8. The zero-order chi connectivity index (χ0) is 15.8. The molecule has 0 rings (SSSR count). The van der Waals surface area contributed by atoms with Gasteiger partial charge < -0.3 is 5.11 Å². The van der Waals surface area contributed by atoms with E-state index in [1.807, 2.05) is 0 Å². The number of carbonyl (C=O) groups is 1. The first-order valence-corrected chi connectivity index (χ1v) is 10.0. The number of unbranched alkanes of at least 4 members (excludes halogenated alkanes) is 8. The summed E-state index contributed by atoms with van der Waals surface area (Å²) in [5, 5.41) is 10.8. The van der Waals surface area contributed by atoms with Crippen molar-refractivity contribution < 1.29 is 9.90 Å². The van der Waals surface area contributed by atoms with Crippen LogP contribution in [0.15, 0.2) is 0 Å². The van der Waals surface area contributed by atoms with E-state index in [1.54, 1.807) is 0 Å². The minimum absolute atomic E-state index is 0.533. The van der Waals surface area contributed by atoms with Gasteiger partial charge in [0.25, 0.3) is 0 Å². The molecule has 0 amide bonds. The third kappa shape index (κ3) is 13.4. The van der Waals surface area contributed by atoms with Gasteiger partial charge in [-0.1, -0.05) is 89.8 Å². The topological polar surface area (TPSA) is 37.3 Å². The second-order valence-corrected chi connectivity index (χ2v) is 7.20. The average Bonchev–Trinajstić information content (AvgIpc) is 2.47. The lowest BCUT2D eigenvalue weighted by molar-refractivity contribution is 0.0152. The van der Waals surface area contributed by atoms with Crippen LogP contribution >= 0.6 is 11.8 Å². The van der Waals surface area contributed by atoms with E-state index in [4.69, 9.17) is 0 Å². The van der Waals surface area contributed by atoms with Crippen LogP contribution < -0.4 is 0 Å². The number of aliphatic hydroxyl groups is 1. The van der Waals surface area contributed by atoms with Gasteiger partial charge in [0.05, 0.1) is 5.60 Å². The predicted molar refractivity (Wildman–Crippen MR) is 95.5 cm³/mol. The molecule has 21 heavy (non-hydrogen) atoms. The molecule has 2 nitrogen and oxygen atoms in total. The van der Waals surface area contributed by atoms with Gasteiger partial charge in [-0.05, 0) is 19.3 Å². The summed E-state index contributed by atoms with van der Waals surface area (Å²) >= 11 is 1.29. The molecular weight excluding hydrogens is 280 g/mol. The summed E-state index contributed by atoms with van der Waals surface area (Å²) in [6.07, 6.45) is 15.0. The second-order valence-electron chi connectivity index (χ2n) is 6.27. The second kappa shape index (κ2) is 14.9. The van der Waals surface area contributed by atoms with Crippen LogP contribution in [-0.2, 0) is 4.79 Å². The van der Waals surface area contributed by atoms with E-state index in [2.05, 4.69) is 13.8 Å². The Morgan fingerprint density at radius 1 is 0.810 bits per heavy atom. The number of carbonyl (C=O) groups excluding carboxylic acids is 1. The van der Waals surface area contributed by atoms with Crippen molar-refractivity contribution in [2.24, 2.45) is 0 Å². The molecular formula is C18H36O2S. The van der Waals surface area contributed by atoms with Gasteiger partial charge in [-0.2, -0.15) is 0 Å². The van der Waals surface area contributed by atoms with Crippen LogP contribution in [0.25, 0.3) is 0 Å². The van der Waals surface area contributed by atoms with Gasteiger partial charge in [-0.15, -0.1) is 0 Å². The van der Waals surface area contributed by atoms with E-state index in [9.17, 15) is 9.90 Å². The molecule has 0 heterocycles. The van der Waals surface area contributed by atoms with E-state index in [-0.39, 0.29) is 0 Å². The van der Waals surface area contributed by atoms with Gasteiger partial charge >= 0.3 is 0 Å². The largest absolute Gasteiger partial charge is 0.390 e. The molecule has 3 heteroatoms. The molecule has 0 aliphatic heterocycles. The van der Waals surface area contributed by atoms with Crippen molar-refractivity contribution >= 4 is 17.4 Å². The summed E-state index contributed by atoms with van der Waals surface area (Å²) in [5.74, 6) is 0.754. The van der Waals surface area contributed by atoms with Gasteiger partial charge in [-0.3, -0.25) is 4.79 Å². The molecule has 0 fully saturated rings. The third-order valence-electron chi connectivity index (χ3n) is 4.24. The van der Waals surface area contributed by atoms with E-state index < -0.39 is 5.60 Å². The zero-order valence-corrected chi connectivity index (χ0v) is 15.1. The van der Waals surface area contributed by atoms with E-state index in [1.165, 1.54) is 63.1 Å². The van der Waals surface area contributed by atoms with Crippen molar-refractivity contribution in [3.05, 3.63) is 0 Å². The highest BCUT2D eigenvalue weighted by molar-refractivity contribution is 8.11. The van der Waals surface area contributed by atoms with Crippen molar-refractivity contribution in [1.29, 1.82) is 0 Å². The molecule has 0 aromatic carbocycles. The normalized spacial score (nSPS) is 11.8. The first kappa shape index (κ1) is 21.0. The highest BCUT2D eigenvalue weighted by Crippen LogP contribution is 2.27. The summed E-state index contributed by atoms with van der Waals surface area (Å²) in [6, 6.07) is 0. The predicted octanol–water partition coefficient (Wildman–Crippen LogP) is 5.75. The minimum atomic E-state index is -0.533. The Morgan fingerprint density at radius 3 is 1.71 bits per heavy atom. The van der Waals surface area contributed by atoms with E-state index in [0.29, 0.717) is 0 Å². The Morgan fingerprint density at radius 2 is 1.29 bits per heavy atom. The minimum Gasteiger partial charge on any atom is -0.390 e. The fourth-order valence-electron chi connectivity index (χ4n) is 2.79. The third-order valence-corrected chi connectivity index (χ3v) is 4.82. The average molecular weight is 317 g/mol. The van der Waals surface area contributed by atoms with Crippen molar-refractivity contribution in [3.63, 3.8) is 0 Å². The lowest BCUT2D eigenvalue weighted by Gasteiger charge is -2.28. The molecule has 0 saturated heterocycles. The van der Waals surface area contributed by atoms with Gasteiger partial charge in [0.2, 0.25) is 0 Å². The Balaban J connectivity index is 3.97. The van der Waals surface area contributed by atoms with Crippen LogP contribution in [0.3, 0.4) is 0 Å². The number of hydrogen-bond donors (Lipinski definition) is 1. The number of rotatable bonds is 16. The number of thioether (sulfide) groups is 1. The Labute approximate surface area is 136 Å². The fraction of sp³-hybridized carbons (Fsp3) is 0.944. The van der Waals surface area contributed by atoms with Gasteiger partial charge in [0.15, 0.2) is 5.62 Å². The lowest BCUT2D eigenvalue weighted by Crippen LogP contribution is -2.29. The fourth-order valence-corrected chi connectivity index (χ4v) is 3.38. The molecule has 0 spiro atoms. The number of hydrogen-bond acceptors (Lipinski definition) is 3. The van der Waals surface area contributed by atoms with Crippen molar-refractivity contribution in [2.75, 3.05) is 5.75 Å². The summed E-state index contributed by atoms with van der Waals surface area (Å²) in [5.41, 5.74) is 0.358. The summed E-state index contributed by atoms with van der Waals surface area (Å²) < 4.78 is 0. The molecule has 0 aromatic rings.